The Morgan fingerprint density at radius 2 is 1.54 bits per heavy atom. The van der Waals surface area contributed by atoms with Crippen LogP contribution >= 0.6 is 12.4 Å². The first kappa shape index (κ1) is 21.6. The summed E-state index contributed by atoms with van der Waals surface area (Å²) in [5.41, 5.74) is 5.85. The zero-order valence-electron chi connectivity index (χ0n) is 14.5. The second kappa shape index (κ2) is 8.53. The molecule has 1 heterocycles. The number of nitrogens with two attached hydrogens (primary N) is 1. The molecule has 1 aliphatic carbocycles. The van der Waals surface area contributed by atoms with E-state index in [1.165, 1.54) is 28.6 Å². The molecule has 10 heteroatoms. The Morgan fingerprint density at radius 1 is 0.962 bits per heavy atom. The zero-order chi connectivity index (χ0) is 18.1. The summed E-state index contributed by atoms with van der Waals surface area (Å²) in [7, 11) is -7.39. The van der Waals surface area contributed by atoms with Gasteiger partial charge >= 0.3 is 0 Å². The molecule has 1 saturated carbocycles. The number of nitrogens with zero attached hydrogens (tertiary/aromatic N) is 1. The zero-order valence-corrected chi connectivity index (χ0v) is 17.0. The third kappa shape index (κ3) is 4.76. The molecule has 148 valence electrons. The van der Waals surface area contributed by atoms with E-state index in [0.717, 1.165) is 25.7 Å². The van der Waals surface area contributed by atoms with E-state index in [1.807, 2.05) is 0 Å². The number of rotatable bonds is 5. The van der Waals surface area contributed by atoms with Crippen molar-refractivity contribution >= 4 is 32.5 Å². The van der Waals surface area contributed by atoms with Gasteiger partial charge in [0, 0.05) is 25.2 Å². The van der Waals surface area contributed by atoms with E-state index < -0.39 is 20.0 Å². The predicted octanol–water partition coefficient (Wildman–Crippen LogP) is 1.44. The Hall–Kier alpha value is -0.710. The number of nitrogens with one attached hydrogen (secondary N) is 1. The topological polar surface area (TPSA) is 110 Å². The van der Waals surface area contributed by atoms with Gasteiger partial charge in [-0.3, -0.25) is 0 Å². The van der Waals surface area contributed by atoms with E-state index >= 15 is 0 Å². The molecule has 26 heavy (non-hydrogen) atoms. The fraction of sp³-hybridized carbons (Fsp3) is 0.625. The molecule has 0 aromatic heterocycles. The Labute approximate surface area is 161 Å². The second-order valence-corrected chi connectivity index (χ2v) is 10.5. The van der Waals surface area contributed by atoms with Crippen molar-refractivity contribution in [2.24, 2.45) is 5.73 Å². The summed E-state index contributed by atoms with van der Waals surface area (Å²) in [5.74, 6) is 0. The Bertz CT molecular complexity index is 816. The molecule has 0 bridgehead atoms. The highest BCUT2D eigenvalue weighted by atomic mass is 35.5. The fourth-order valence-electron chi connectivity index (χ4n) is 3.40. The summed E-state index contributed by atoms with van der Waals surface area (Å²) in [6.07, 6.45) is 4.65. The van der Waals surface area contributed by atoms with Crippen LogP contribution < -0.4 is 10.5 Å². The first-order valence-corrected chi connectivity index (χ1v) is 11.6. The van der Waals surface area contributed by atoms with Crippen LogP contribution in [-0.4, -0.2) is 46.3 Å². The standard InChI is InChI=1S/C16H25N3O4S2.ClH/c17-13-6-8-14(9-7-13)18-24(20,21)15-4-3-5-16(12-15)25(22,23)19-10-1-2-11-19;/h3-5,12-14,18H,1-2,6-11,17H2;1H. The van der Waals surface area contributed by atoms with Crippen LogP contribution in [0.2, 0.25) is 0 Å². The van der Waals surface area contributed by atoms with Gasteiger partial charge in [0.15, 0.2) is 0 Å². The molecular weight excluding hydrogens is 398 g/mol. The molecule has 0 atom stereocenters. The summed E-state index contributed by atoms with van der Waals surface area (Å²) in [6.45, 7) is 0.972. The van der Waals surface area contributed by atoms with Gasteiger partial charge in [-0.05, 0) is 56.7 Å². The SMILES string of the molecule is Cl.NC1CCC(NS(=O)(=O)c2cccc(S(=O)(=O)N3CCCC3)c2)CC1. The van der Waals surface area contributed by atoms with Gasteiger partial charge in [0.25, 0.3) is 0 Å². The Kier molecular flexibility index (Phi) is 7.09. The van der Waals surface area contributed by atoms with Crippen molar-refractivity contribution in [3.05, 3.63) is 24.3 Å². The lowest BCUT2D eigenvalue weighted by molar-refractivity contribution is 0.373. The lowest BCUT2D eigenvalue weighted by Crippen LogP contribution is -2.40. The van der Waals surface area contributed by atoms with Crippen molar-refractivity contribution in [2.45, 2.75) is 60.4 Å². The minimum atomic E-state index is -3.76. The van der Waals surface area contributed by atoms with Gasteiger partial charge in [0.05, 0.1) is 9.79 Å². The van der Waals surface area contributed by atoms with Gasteiger partial charge < -0.3 is 5.73 Å². The minimum Gasteiger partial charge on any atom is -0.328 e. The van der Waals surface area contributed by atoms with Crippen molar-refractivity contribution < 1.29 is 16.8 Å². The molecule has 0 amide bonds. The van der Waals surface area contributed by atoms with Crippen LogP contribution in [0.25, 0.3) is 0 Å². The molecule has 1 aromatic rings. The van der Waals surface area contributed by atoms with Crippen LogP contribution in [0.4, 0.5) is 0 Å². The maximum absolute atomic E-state index is 12.6. The van der Waals surface area contributed by atoms with Crippen LogP contribution in [-0.2, 0) is 20.0 Å². The van der Waals surface area contributed by atoms with E-state index in [9.17, 15) is 16.8 Å². The van der Waals surface area contributed by atoms with Crippen LogP contribution in [0.1, 0.15) is 38.5 Å². The normalized spacial score (nSPS) is 25.0. The molecule has 1 aliphatic heterocycles. The van der Waals surface area contributed by atoms with Gasteiger partial charge in [0.1, 0.15) is 0 Å². The number of hydrogen-bond acceptors (Lipinski definition) is 5. The molecule has 2 fully saturated rings. The van der Waals surface area contributed by atoms with E-state index in [1.54, 1.807) is 0 Å². The summed E-state index contributed by atoms with van der Waals surface area (Å²) in [4.78, 5) is 0.0191. The molecule has 3 rings (SSSR count). The van der Waals surface area contributed by atoms with Gasteiger partial charge in [-0.15, -0.1) is 12.4 Å². The molecule has 3 N–H and O–H groups in total. The van der Waals surface area contributed by atoms with Gasteiger partial charge in [-0.1, -0.05) is 6.07 Å². The smallest absolute Gasteiger partial charge is 0.243 e. The largest absolute Gasteiger partial charge is 0.328 e. The second-order valence-electron chi connectivity index (χ2n) is 6.82. The number of sulfonamides is 2. The predicted molar refractivity (Wildman–Crippen MR) is 102 cm³/mol. The first-order chi connectivity index (χ1) is 11.8. The summed E-state index contributed by atoms with van der Waals surface area (Å²) in [6, 6.07) is 5.60. The van der Waals surface area contributed by atoms with Crippen molar-refractivity contribution in [1.29, 1.82) is 0 Å². The Balaban J connectivity index is 0.00000243. The summed E-state index contributed by atoms with van der Waals surface area (Å²) < 4.78 is 54.6. The van der Waals surface area contributed by atoms with Crippen LogP contribution in [0, 0.1) is 0 Å². The molecule has 0 unspecified atom stereocenters. The third-order valence-corrected chi connectivity index (χ3v) is 8.33. The lowest BCUT2D eigenvalue weighted by atomic mass is 9.93. The van der Waals surface area contributed by atoms with Crippen LogP contribution in [0.15, 0.2) is 34.1 Å². The molecular formula is C16H26ClN3O4S2. The average molecular weight is 424 g/mol. The molecule has 0 radical (unpaired) electrons. The van der Waals surface area contributed by atoms with Gasteiger partial charge in [-0.25, -0.2) is 21.6 Å². The van der Waals surface area contributed by atoms with Crippen molar-refractivity contribution in [1.82, 2.24) is 9.03 Å². The maximum Gasteiger partial charge on any atom is 0.243 e. The molecule has 1 aromatic carbocycles. The lowest BCUT2D eigenvalue weighted by Gasteiger charge is -2.26. The monoisotopic (exact) mass is 423 g/mol. The highest BCUT2D eigenvalue weighted by Crippen LogP contribution is 2.24. The van der Waals surface area contributed by atoms with Gasteiger partial charge in [0.2, 0.25) is 20.0 Å². The van der Waals surface area contributed by atoms with E-state index in [0.29, 0.717) is 25.9 Å². The number of benzene rings is 1. The van der Waals surface area contributed by atoms with E-state index in [-0.39, 0.29) is 34.3 Å². The maximum atomic E-state index is 12.6. The molecule has 2 aliphatic rings. The van der Waals surface area contributed by atoms with Crippen molar-refractivity contribution in [3.8, 4) is 0 Å². The quantitative estimate of drug-likeness (QED) is 0.744. The van der Waals surface area contributed by atoms with E-state index in [2.05, 4.69) is 4.72 Å². The fourth-order valence-corrected chi connectivity index (χ4v) is 6.39. The minimum absolute atomic E-state index is 0. The highest BCUT2D eigenvalue weighted by Gasteiger charge is 2.29. The summed E-state index contributed by atoms with van der Waals surface area (Å²) in [5, 5.41) is 0. The van der Waals surface area contributed by atoms with Gasteiger partial charge in [-0.2, -0.15) is 4.31 Å². The third-order valence-electron chi connectivity index (χ3n) is 4.91. The Morgan fingerprint density at radius 3 is 2.15 bits per heavy atom. The van der Waals surface area contributed by atoms with Crippen molar-refractivity contribution in [2.75, 3.05) is 13.1 Å². The molecule has 0 spiro atoms. The average Bonchev–Trinajstić information content (AvgIpc) is 3.12. The highest BCUT2D eigenvalue weighted by molar-refractivity contribution is 7.90. The van der Waals surface area contributed by atoms with Crippen molar-refractivity contribution in [3.63, 3.8) is 0 Å². The van der Waals surface area contributed by atoms with Crippen LogP contribution in [0.3, 0.4) is 0 Å². The number of halogens is 1. The molecule has 1 saturated heterocycles. The van der Waals surface area contributed by atoms with Crippen LogP contribution in [0.5, 0.6) is 0 Å². The van der Waals surface area contributed by atoms with E-state index in [4.69, 9.17) is 5.73 Å². The number of hydrogen-bond donors (Lipinski definition) is 2. The first-order valence-electron chi connectivity index (χ1n) is 8.67. The summed E-state index contributed by atoms with van der Waals surface area (Å²) >= 11 is 0. The molecule has 7 nitrogen and oxygen atoms in total.